The average molecular weight is 312 g/mol. The minimum absolute atomic E-state index is 0.0920. The van der Waals surface area contributed by atoms with E-state index in [9.17, 15) is 4.79 Å². The van der Waals surface area contributed by atoms with Gasteiger partial charge in [-0.05, 0) is 44.4 Å². The van der Waals surface area contributed by atoms with Crippen LogP contribution in [-0.4, -0.2) is 15.3 Å². The number of aromatic nitrogens is 2. The summed E-state index contributed by atoms with van der Waals surface area (Å²) in [4.78, 5) is 12.5. The van der Waals surface area contributed by atoms with Gasteiger partial charge in [-0.3, -0.25) is 9.13 Å². The molecule has 3 rings (SSSR count). The van der Waals surface area contributed by atoms with E-state index in [1.807, 2.05) is 41.2 Å². The molecule has 0 atom stereocenters. The van der Waals surface area contributed by atoms with Crippen LogP contribution in [0.4, 0.5) is 0 Å². The highest BCUT2D eigenvalue weighted by Gasteiger charge is 2.29. The first-order valence-corrected chi connectivity index (χ1v) is 7.15. The third-order valence-electron chi connectivity index (χ3n) is 3.58. The Bertz CT molecular complexity index is 783. The first-order valence-electron chi connectivity index (χ1n) is 7.15. The Morgan fingerprint density at radius 1 is 1.26 bits per heavy atom. The summed E-state index contributed by atoms with van der Waals surface area (Å²) < 4.78 is 3.78. The summed E-state index contributed by atoms with van der Waals surface area (Å²) in [5.41, 5.74) is 2.99. The quantitative estimate of drug-likeness (QED) is 0.532. The third kappa shape index (κ3) is 3.41. The van der Waals surface area contributed by atoms with Gasteiger partial charge in [0.25, 0.3) is 0 Å². The Morgan fingerprint density at radius 2 is 1.87 bits per heavy atom. The maximum absolute atomic E-state index is 12.5. The van der Waals surface area contributed by atoms with Crippen LogP contribution in [0.2, 0.25) is 0 Å². The third-order valence-corrected chi connectivity index (χ3v) is 3.58. The van der Waals surface area contributed by atoms with E-state index >= 15 is 0 Å². The van der Waals surface area contributed by atoms with Crippen molar-refractivity contribution < 1.29 is 0 Å². The van der Waals surface area contributed by atoms with Crippen LogP contribution in [0, 0.1) is 23.7 Å². The van der Waals surface area contributed by atoms with Crippen molar-refractivity contribution >= 4 is 17.2 Å². The number of hydrazone groups is 1. The summed E-state index contributed by atoms with van der Waals surface area (Å²) in [7, 11) is 0. The number of imidazole rings is 1. The first kappa shape index (κ1) is 18.0. The van der Waals surface area contributed by atoms with E-state index in [0.717, 1.165) is 29.4 Å². The zero-order chi connectivity index (χ0) is 17.6. The molecule has 120 valence electrons. The highest BCUT2D eigenvalue weighted by Crippen LogP contribution is 2.36. The fourth-order valence-corrected chi connectivity index (χ4v) is 2.61. The maximum Gasteiger partial charge on any atom is 0.329 e. The van der Waals surface area contributed by atoms with Gasteiger partial charge in [0.2, 0.25) is 0 Å². The van der Waals surface area contributed by atoms with Gasteiger partial charge in [0.05, 0.1) is 17.2 Å². The van der Waals surface area contributed by atoms with Crippen molar-refractivity contribution in [2.45, 2.75) is 38.8 Å². The molecule has 0 amide bonds. The Kier molecular flexibility index (Phi) is 6.11. The SMILES string of the molecule is C#N.C#N.CC(C)n1c(=O)n(C2CC2)c2cc(C=NN)ccc21. The van der Waals surface area contributed by atoms with Crippen molar-refractivity contribution in [2.24, 2.45) is 10.9 Å². The number of hydrogen-bond acceptors (Lipinski definition) is 5. The van der Waals surface area contributed by atoms with Crippen molar-refractivity contribution in [1.82, 2.24) is 9.13 Å². The number of fused-ring (bicyclic) bond motifs is 1. The molecule has 0 unspecified atom stereocenters. The molecule has 0 saturated heterocycles. The molecule has 0 aliphatic heterocycles. The van der Waals surface area contributed by atoms with E-state index in [4.69, 9.17) is 16.4 Å². The minimum atomic E-state index is 0.0920. The average Bonchev–Trinajstić information content (AvgIpc) is 3.34. The summed E-state index contributed by atoms with van der Waals surface area (Å²) in [6, 6.07) is 6.43. The standard InChI is InChI=1S/C14H18N4O.2CHN/c1-9(2)17-12-6-3-10(8-16-15)7-13(12)18(14(17)19)11-4-5-11;2*1-2/h3,6-9,11H,4-5,15H2,1-2H3;2*1H. The normalized spacial score (nSPS) is 13.3. The Morgan fingerprint density at radius 3 is 2.35 bits per heavy atom. The number of nitriles is 2. The molecule has 0 spiro atoms. The van der Waals surface area contributed by atoms with Gasteiger partial charge >= 0.3 is 5.69 Å². The van der Waals surface area contributed by atoms with E-state index in [0.29, 0.717) is 6.04 Å². The number of nitrogens with two attached hydrogens (primary N) is 1. The van der Waals surface area contributed by atoms with Crippen LogP contribution in [0.25, 0.3) is 11.0 Å². The molecule has 23 heavy (non-hydrogen) atoms. The van der Waals surface area contributed by atoms with Gasteiger partial charge in [0, 0.05) is 25.2 Å². The van der Waals surface area contributed by atoms with Crippen LogP contribution in [0.5, 0.6) is 0 Å². The van der Waals surface area contributed by atoms with Crippen LogP contribution in [0.1, 0.15) is 44.3 Å². The van der Waals surface area contributed by atoms with Crippen molar-refractivity contribution in [2.75, 3.05) is 0 Å². The van der Waals surface area contributed by atoms with Crippen molar-refractivity contribution in [3.63, 3.8) is 0 Å². The molecule has 1 fully saturated rings. The molecule has 0 radical (unpaired) electrons. The molecule has 1 heterocycles. The fourth-order valence-electron chi connectivity index (χ4n) is 2.61. The van der Waals surface area contributed by atoms with E-state index in [2.05, 4.69) is 18.2 Å². The van der Waals surface area contributed by atoms with Crippen LogP contribution in [-0.2, 0) is 0 Å². The van der Waals surface area contributed by atoms with Gasteiger partial charge in [-0.25, -0.2) is 15.3 Å². The molecule has 0 bridgehead atoms. The van der Waals surface area contributed by atoms with Crippen LogP contribution < -0.4 is 11.5 Å². The molecule has 2 N–H and O–H groups in total. The van der Waals surface area contributed by atoms with Crippen LogP contribution in [0.15, 0.2) is 28.1 Å². The molecule has 1 aliphatic carbocycles. The predicted octanol–water partition coefficient (Wildman–Crippen LogP) is 2.29. The van der Waals surface area contributed by atoms with E-state index in [-0.39, 0.29) is 11.7 Å². The Labute approximate surface area is 134 Å². The van der Waals surface area contributed by atoms with Crippen molar-refractivity contribution in [3.05, 3.63) is 34.2 Å². The van der Waals surface area contributed by atoms with Gasteiger partial charge < -0.3 is 5.84 Å². The second kappa shape index (κ2) is 7.81. The summed E-state index contributed by atoms with van der Waals surface area (Å²) in [5, 5.41) is 16.5. The Hall–Kier alpha value is -3.06. The van der Waals surface area contributed by atoms with Gasteiger partial charge in [-0.1, -0.05) is 6.07 Å². The molecule has 1 aromatic heterocycles. The van der Waals surface area contributed by atoms with Crippen molar-refractivity contribution in [1.29, 1.82) is 10.5 Å². The molecule has 7 nitrogen and oxygen atoms in total. The largest absolute Gasteiger partial charge is 0.329 e. The van der Waals surface area contributed by atoms with Gasteiger partial charge in [-0.15, -0.1) is 0 Å². The van der Waals surface area contributed by atoms with E-state index in [1.54, 1.807) is 6.21 Å². The smallest absolute Gasteiger partial charge is 0.323 e. The van der Waals surface area contributed by atoms with Gasteiger partial charge in [0.15, 0.2) is 0 Å². The fraction of sp³-hybridized carbons (Fsp3) is 0.375. The monoisotopic (exact) mass is 312 g/mol. The summed E-state index contributed by atoms with van der Waals surface area (Å²) >= 11 is 0. The number of rotatable bonds is 3. The Balaban J connectivity index is 0.000000615. The van der Waals surface area contributed by atoms with E-state index in [1.165, 1.54) is 0 Å². The number of hydrogen-bond donors (Lipinski definition) is 1. The molecule has 1 aromatic carbocycles. The lowest BCUT2D eigenvalue weighted by molar-refractivity contribution is 0.568. The zero-order valence-electron chi connectivity index (χ0n) is 13.3. The number of nitrogens with zero attached hydrogens (tertiary/aromatic N) is 5. The molecule has 1 aliphatic rings. The minimum Gasteiger partial charge on any atom is -0.323 e. The van der Waals surface area contributed by atoms with E-state index < -0.39 is 0 Å². The molecule has 1 saturated carbocycles. The highest BCUT2D eigenvalue weighted by atomic mass is 16.1. The second-order valence-corrected chi connectivity index (χ2v) is 5.37. The maximum atomic E-state index is 12.5. The molecular weight excluding hydrogens is 292 g/mol. The van der Waals surface area contributed by atoms with Gasteiger partial charge in [-0.2, -0.15) is 5.10 Å². The predicted molar refractivity (Wildman–Crippen MR) is 90.0 cm³/mol. The van der Waals surface area contributed by atoms with Gasteiger partial charge in [0.1, 0.15) is 0 Å². The first-order chi connectivity index (χ1) is 11.1. The van der Waals surface area contributed by atoms with Crippen LogP contribution >= 0.6 is 0 Å². The molecule has 2 aromatic rings. The highest BCUT2D eigenvalue weighted by molar-refractivity contribution is 5.87. The summed E-state index contributed by atoms with van der Waals surface area (Å²) in [5.74, 6) is 5.19. The number of benzene rings is 1. The molecule has 7 heteroatoms. The summed E-state index contributed by atoms with van der Waals surface area (Å²) in [6.45, 7) is 11.1. The second-order valence-electron chi connectivity index (χ2n) is 5.37. The summed E-state index contributed by atoms with van der Waals surface area (Å²) in [6.07, 6.45) is 3.78. The zero-order valence-corrected chi connectivity index (χ0v) is 13.3. The lowest BCUT2D eigenvalue weighted by Gasteiger charge is -2.06. The van der Waals surface area contributed by atoms with Crippen LogP contribution in [0.3, 0.4) is 0 Å². The molecular formula is C16H20N6O. The topological polar surface area (TPSA) is 113 Å². The lowest BCUT2D eigenvalue weighted by Crippen LogP contribution is -2.24. The van der Waals surface area contributed by atoms with Crippen molar-refractivity contribution in [3.8, 4) is 13.1 Å². The lowest BCUT2D eigenvalue weighted by atomic mass is 10.2.